The van der Waals surface area contributed by atoms with E-state index in [-0.39, 0.29) is 0 Å². The lowest BCUT2D eigenvalue weighted by molar-refractivity contribution is 0.964. The molecule has 0 amide bonds. The highest BCUT2D eigenvalue weighted by Crippen LogP contribution is 2.20. The Hall–Kier alpha value is -1.88. The summed E-state index contributed by atoms with van der Waals surface area (Å²) in [6.45, 7) is 5.00. The van der Waals surface area contributed by atoms with Crippen molar-refractivity contribution in [2.75, 3.05) is 0 Å². The molecule has 2 nitrogen and oxygen atoms in total. The van der Waals surface area contributed by atoms with E-state index in [2.05, 4.69) is 88.5 Å². The zero-order valence-electron chi connectivity index (χ0n) is 13.3. The van der Waals surface area contributed by atoms with Gasteiger partial charge in [-0.05, 0) is 72.3 Å². The van der Waals surface area contributed by atoms with E-state index in [4.69, 9.17) is 0 Å². The molecule has 0 unspecified atom stereocenters. The first-order chi connectivity index (χ1) is 11.1. The number of rotatable bonds is 4. The molecule has 116 valence electrons. The van der Waals surface area contributed by atoms with Gasteiger partial charge in [-0.3, -0.25) is 4.99 Å². The Bertz CT molecular complexity index is 815. The first-order valence-corrected chi connectivity index (χ1v) is 8.71. The van der Waals surface area contributed by atoms with Gasteiger partial charge >= 0.3 is 0 Å². The molecule has 0 saturated heterocycles. The van der Waals surface area contributed by atoms with Crippen LogP contribution in [0.15, 0.2) is 65.7 Å². The van der Waals surface area contributed by atoms with Crippen LogP contribution in [-0.2, 0) is 6.54 Å². The lowest BCUT2D eigenvalue weighted by Gasteiger charge is -2.09. The molecule has 0 aliphatic rings. The van der Waals surface area contributed by atoms with E-state index < -0.39 is 0 Å². The third-order valence-corrected chi connectivity index (χ3v) is 4.62. The smallest absolute Gasteiger partial charge is 0.0639 e. The second-order valence-electron chi connectivity index (χ2n) is 5.59. The number of hydrogen-bond donors (Lipinski definition) is 0. The highest BCUT2D eigenvalue weighted by molar-refractivity contribution is 14.1. The molecular formula is C20H19IN2. The van der Waals surface area contributed by atoms with E-state index in [0.717, 1.165) is 0 Å². The van der Waals surface area contributed by atoms with Gasteiger partial charge in [0.1, 0.15) is 0 Å². The van der Waals surface area contributed by atoms with E-state index in [1.807, 2.05) is 24.4 Å². The molecule has 3 aromatic rings. The van der Waals surface area contributed by atoms with Crippen molar-refractivity contribution in [1.29, 1.82) is 0 Å². The predicted molar refractivity (Wildman–Crippen MR) is 106 cm³/mol. The molecular weight excluding hydrogens is 395 g/mol. The first-order valence-electron chi connectivity index (χ1n) is 7.64. The summed E-state index contributed by atoms with van der Waals surface area (Å²) in [5.74, 6) is 0. The van der Waals surface area contributed by atoms with Crippen LogP contribution in [0, 0.1) is 17.4 Å². The van der Waals surface area contributed by atoms with Gasteiger partial charge in [-0.15, -0.1) is 0 Å². The Morgan fingerprint density at radius 3 is 2.39 bits per heavy atom. The molecule has 0 aliphatic carbocycles. The van der Waals surface area contributed by atoms with Crippen LogP contribution in [0.1, 0.15) is 22.5 Å². The predicted octanol–water partition coefficient (Wildman–Crippen LogP) is 5.32. The van der Waals surface area contributed by atoms with Gasteiger partial charge in [-0.25, -0.2) is 0 Å². The Morgan fingerprint density at radius 2 is 1.70 bits per heavy atom. The third-order valence-electron chi connectivity index (χ3n) is 3.90. The van der Waals surface area contributed by atoms with E-state index in [1.165, 1.54) is 31.8 Å². The molecule has 1 heterocycles. The average Bonchev–Trinajstić information content (AvgIpc) is 2.84. The van der Waals surface area contributed by atoms with Gasteiger partial charge in [-0.2, -0.15) is 0 Å². The number of benzene rings is 2. The van der Waals surface area contributed by atoms with Gasteiger partial charge in [0.15, 0.2) is 0 Å². The van der Waals surface area contributed by atoms with E-state index in [0.29, 0.717) is 6.54 Å². The number of halogens is 1. The number of nitrogens with zero attached hydrogens (tertiary/aromatic N) is 2. The van der Waals surface area contributed by atoms with Crippen LogP contribution in [0.2, 0.25) is 0 Å². The van der Waals surface area contributed by atoms with Crippen molar-refractivity contribution in [2.45, 2.75) is 20.4 Å². The summed E-state index contributed by atoms with van der Waals surface area (Å²) in [6, 6.07) is 21.1. The lowest BCUT2D eigenvalue weighted by Crippen LogP contribution is -1.99. The maximum atomic E-state index is 4.60. The van der Waals surface area contributed by atoms with Gasteiger partial charge in [0.05, 0.1) is 6.54 Å². The topological polar surface area (TPSA) is 17.3 Å². The Kier molecular flexibility index (Phi) is 4.96. The minimum atomic E-state index is 0.716. The summed E-state index contributed by atoms with van der Waals surface area (Å²) in [4.78, 5) is 4.60. The molecule has 0 N–H and O–H groups in total. The van der Waals surface area contributed by atoms with Gasteiger partial charge in [0.2, 0.25) is 0 Å². The van der Waals surface area contributed by atoms with Crippen molar-refractivity contribution in [2.24, 2.45) is 4.99 Å². The normalized spacial score (nSPS) is 11.3. The highest BCUT2D eigenvalue weighted by Gasteiger charge is 2.09. The SMILES string of the molecule is Cc1cc(C=NCc2ccccc2)c(C)n1-c1ccc(I)cc1. The largest absolute Gasteiger partial charge is 0.318 e. The maximum Gasteiger partial charge on any atom is 0.0639 e. The van der Waals surface area contributed by atoms with E-state index >= 15 is 0 Å². The van der Waals surface area contributed by atoms with Crippen molar-refractivity contribution in [3.63, 3.8) is 0 Å². The molecule has 0 radical (unpaired) electrons. The second-order valence-corrected chi connectivity index (χ2v) is 6.84. The minimum absolute atomic E-state index is 0.716. The zero-order valence-corrected chi connectivity index (χ0v) is 15.5. The van der Waals surface area contributed by atoms with Gasteiger partial charge in [-0.1, -0.05) is 30.3 Å². The average molecular weight is 414 g/mol. The fourth-order valence-electron chi connectivity index (χ4n) is 2.74. The third kappa shape index (κ3) is 3.72. The first kappa shape index (κ1) is 16.0. The van der Waals surface area contributed by atoms with Gasteiger partial charge in [0, 0.05) is 32.4 Å². The van der Waals surface area contributed by atoms with Crippen molar-refractivity contribution in [3.8, 4) is 5.69 Å². The van der Waals surface area contributed by atoms with Crippen molar-refractivity contribution < 1.29 is 0 Å². The molecule has 23 heavy (non-hydrogen) atoms. The molecule has 0 aliphatic heterocycles. The van der Waals surface area contributed by atoms with Crippen LogP contribution in [0.5, 0.6) is 0 Å². The molecule has 1 aromatic heterocycles. The van der Waals surface area contributed by atoms with Crippen LogP contribution < -0.4 is 0 Å². The molecule has 3 heteroatoms. The van der Waals surface area contributed by atoms with E-state index in [1.54, 1.807) is 0 Å². The fraction of sp³-hybridized carbons (Fsp3) is 0.150. The Morgan fingerprint density at radius 1 is 1.00 bits per heavy atom. The summed E-state index contributed by atoms with van der Waals surface area (Å²) >= 11 is 2.33. The summed E-state index contributed by atoms with van der Waals surface area (Å²) < 4.78 is 3.53. The zero-order chi connectivity index (χ0) is 16.2. The summed E-state index contributed by atoms with van der Waals surface area (Å²) in [5, 5.41) is 0. The second kappa shape index (κ2) is 7.13. The van der Waals surface area contributed by atoms with Crippen LogP contribution in [0.4, 0.5) is 0 Å². The van der Waals surface area contributed by atoms with Gasteiger partial charge in [0.25, 0.3) is 0 Å². The molecule has 0 fully saturated rings. The summed E-state index contributed by atoms with van der Waals surface area (Å²) in [6.07, 6.45) is 1.98. The Labute approximate surface area is 151 Å². The fourth-order valence-corrected chi connectivity index (χ4v) is 3.10. The molecule has 0 saturated carbocycles. The van der Waals surface area contributed by atoms with Gasteiger partial charge < -0.3 is 4.57 Å². The van der Waals surface area contributed by atoms with Crippen LogP contribution in [0.25, 0.3) is 5.69 Å². The Balaban J connectivity index is 1.84. The number of aryl methyl sites for hydroxylation is 1. The van der Waals surface area contributed by atoms with Crippen molar-refractivity contribution in [1.82, 2.24) is 4.57 Å². The number of hydrogen-bond acceptors (Lipinski definition) is 1. The van der Waals surface area contributed by atoms with Crippen LogP contribution in [-0.4, -0.2) is 10.8 Å². The van der Waals surface area contributed by atoms with Crippen molar-refractivity contribution >= 4 is 28.8 Å². The minimum Gasteiger partial charge on any atom is -0.318 e. The summed E-state index contributed by atoms with van der Waals surface area (Å²) in [5.41, 5.74) is 6.06. The quantitative estimate of drug-likeness (QED) is 0.406. The van der Waals surface area contributed by atoms with Crippen LogP contribution in [0.3, 0.4) is 0 Å². The molecule has 0 atom stereocenters. The molecule has 3 rings (SSSR count). The monoisotopic (exact) mass is 414 g/mol. The number of aromatic nitrogens is 1. The van der Waals surface area contributed by atoms with Crippen LogP contribution >= 0.6 is 22.6 Å². The highest BCUT2D eigenvalue weighted by atomic mass is 127. The molecule has 2 aromatic carbocycles. The number of aliphatic imine (C=N–C) groups is 1. The summed E-state index contributed by atoms with van der Waals surface area (Å²) in [7, 11) is 0. The lowest BCUT2D eigenvalue weighted by atomic mass is 10.2. The maximum absolute atomic E-state index is 4.60. The molecule has 0 bridgehead atoms. The van der Waals surface area contributed by atoms with E-state index in [9.17, 15) is 0 Å². The molecule has 0 spiro atoms. The standard InChI is InChI=1S/C20H19IN2/c1-15-12-18(14-22-13-17-6-4-3-5-7-17)16(2)23(15)20-10-8-19(21)9-11-20/h3-12,14H,13H2,1-2H3. The van der Waals surface area contributed by atoms with Crippen molar-refractivity contribution in [3.05, 3.63) is 86.7 Å².